The quantitative estimate of drug-likeness (QED) is 0.812. The number of nitrogens with one attached hydrogen (secondary N) is 1. The Morgan fingerprint density at radius 1 is 1.33 bits per heavy atom. The number of nitrogens with zero attached hydrogens (tertiary/aromatic N) is 1. The number of hydrogen-bond acceptors (Lipinski definition) is 4. The third kappa shape index (κ3) is 4.41. The van der Waals surface area contributed by atoms with Crippen molar-refractivity contribution in [1.82, 2.24) is 10.2 Å². The summed E-state index contributed by atoms with van der Waals surface area (Å²) in [5, 5.41) is 3.07. The Hall–Kier alpha value is -1.75. The van der Waals surface area contributed by atoms with Gasteiger partial charge in [0.05, 0.1) is 13.0 Å². The lowest BCUT2D eigenvalue weighted by Gasteiger charge is -2.27. The van der Waals surface area contributed by atoms with E-state index in [1.54, 1.807) is 7.11 Å². The van der Waals surface area contributed by atoms with E-state index < -0.39 is 0 Å². The Bertz CT molecular complexity index is 556. The molecule has 0 bridgehead atoms. The second-order valence-electron chi connectivity index (χ2n) is 6.73. The number of carbonyl (C=O) groups excluding carboxylic acids is 1. The highest BCUT2D eigenvalue weighted by molar-refractivity contribution is 5.79. The fourth-order valence-corrected chi connectivity index (χ4v) is 3.51. The van der Waals surface area contributed by atoms with Crippen LogP contribution in [0.4, 0.5) is 0 Å². The fourth-order valence-electron chi connectivity index (χ4n) is 3.51. The van der Waals surface area contributed by atoms with Gasteiger partial charge in [0.2, 0.25) is 5.91 Å². The minimum absolute atomic E-state index is 0.0992. The number of hydrogen-bond donors (Lipinski definition) is 1. The Morgan fingerprint density at radius 3 is 2.96 bits per heavy atom. The molecule has 0 aliphatic carbocycles. The van der Waals surface area contributed by atoms with E-state index in [0.717, 1.165) is 36.6 Å². The summed E-state index contributed by atoms with van der Waals surface area (Å²) in [4.78, 5) is 14.9. The average molecular weight is 332 g/mol. The third-order valence-corrected chi connectivity index (χ3v) is 4.94. The molecule has 3 rings (SSSR count). The molecule has 0 spiro atoms. The van der Waals surface area contributed by atoms with Crippen molar-refractivity contribution in [3.05, 3.63) is 23.8 Å². The van der Waals surface area contributed by atoms with Gasteiger partial charge < -0.3 is 19.7 Å². The topological polar surface area (TPSA) is 50.8 Å². The highest BCUT2D eigenvalue weighted by atomic mass is 16.5. The minimum Gasteiger partial charge on any atom is -0.497 e. The third-order valence-electron chi connectivity index (χ3n) is 4.94. The minimum atomic E-state index is -0.111. The molecule has 0 unspecified atom stereocenters. The molecule has 5 nitrogen and oxygen atoms in total. The molecule has 2 aliphatic rings. The molecule has 132 valence electrons. The molecule has 1 aromatic carbocycles. The zero-order valence-corrected chi connectivity index (χ0v) is 14.6. The standard InChI is InChI=1S/C19H28N2O3/c1-23-17-6-7-18-15(13-17)12-16(14-24-18)19(22)20-8-5-11-21-9-3-2-4-10-21/h6-7,13,16H,2-5,8-12,14H2,1H3,(H,20,22)/t16-/m0/s1. The van der Waals surface area contributed by atoms with Crippen LogP contribution < -0.4 is 14.8 Å². The van der Waals surface area contributed by atoms with Gasteiger partial charge in [-0.25, -0.2) is 0 Å². The van der Waals surface area contributed by atoms with Crippen LogP contribution in [0.3, 0.4) is 0 Å². The molecule has 5 heteroatoms. The van der Waals surface area contributed by atoms with Crippen LogP contribution in [-0.4, -0.2) is 50.7 Å². The van der Waals surface area contributed by atoms with Crippen LogP contribution in [-0.2, 0) is 11.2 Å². The van der Waals surface area contributed by atoms with Gasteiger partial charge in [-0.05, 0) is 69.1 Å². The van der Waals surface area contributed by atoms with Crippen molar-refractivity contribution in [3.63, 3.8) is 0 Å². The van der Waals surface area contributed by atoms with Crippen molar-refractivity contribution in [2.24, 2.45) is 5.92 Å². The van der Waals surface area contributed by atoms with Gasteiger partial charge in [-0.15, -0.1) is 0 Å². The molecule has 1 amide bonds. The zero-order chi connectivity index (χ0) is 16.8. The van der Waals surface area contributed by atoms with Gasteiger partial charge in [-0.3, -0.25) is 4.79 Å². The van der Waals surface area contributed by atoms with Gasteiger partial charge in [0.15, 0.2) is 0 Å². The normalized spacial score (nSPS) is 20.8. The van der Waals surface area contributed by atoms with Crippen molar-refractivity contribution in [2.75, 3.05) is 39.9 Å². The van der Waals surface area contributed by atoms with E-state index in [1.807, 2.05) is 18.2 Å². The Morgan fingerprint density at radius 2 is 2.17 bits per heavy atom. The van der Waals surface area contributed by atoms with E-state index in [0.29, 0.717) is 13.0 Å². The first-order valence-electron chi connectivity index (χ1n) is 9.06. The maximum Gasteiger partial charge on any atom is 0.226 e. The van der Waals surface area contributed by atoms with Crippen LogP contribution in [0.5, 0.6) is 11.5 Å². The number of benzene rings is 1. The van der Waals surface area contributed by atoms with E-state index in [1.165, 1.54) is 32.4 Å². The van der Waals surface area contributed by atoms with Crippen LogP contribution in [0.25, 0.3) is 0 Å². The monoisotopic (exact) mass is 332 g/mol. The number of methoxy groups -OCH3 is 1. The Balaban J connectivity index is 1.42. The first-order valence-corrected chi connectivity index (χ1v) is 9.06. The van der Waals surface area contributed by atoms with Crippen LogP contribution in [0.1, 0.15) is 31.2 Å². The van der Waals surface area contributed by atoms with Crippen LogP contribution in [0.15, 0.2) is 18.2 Å². The number of rotatable bonds is 6. The molecule has 24 heavy (non-hydrogen) atoms. The molecular formula is C19H28N2O3. The number of piperidine rings is 1. The maximum atomic E-state index is 12.4. The van der Waals surface area contributed by atoms with Gasteiger partial charge in [0.1, 0.15) is 18.1 Å². The fraction of sp³-hybridized carbons (Fsp3) is 0.632. The lowest BCUT2D eigenvalue weighted by atomic mass is 9.96. The summed E-state index contributed by atoms with van der Waals surface area (Å²) in [6, 6.07) is 5.77. The van der Waals surface area contributed by atoms with Gasteiger partial charge in [-0.2, -0.15) is 0 Å². The predicted octanol–water partition coefficient (Wildman–Crippen LogP) is 2.24. The van der Waals surface area contributed by atoms with Crippen molar-refractivity contribution in [3.8, 4) is 11.5 Å². The molecular weight excluding hydrogens is 304 g/mol. The van der Waals surface area contributed by atoms with Crippen LogP contribution in [0, 0.1) is 5.92 Å². The van der Waals surface area contributed by atoms with Gasteiger partial charge in [0.25, 0.3) is 0 Å². The van der Waals surface area contributed by atoms with E-state index in [4.69, 9.17) is 9.47 Å². The number of likely N-dealkylation sites (tertiary alicyclic amines) is 1. The van der Waals surface area contributed by atoms with Gasteiger partial charge >= 0.3 is 0 Å². The first kappa shape index (κ1) is 17.1. The van der Waals surface area contributed by atoms with Crippen molar-refractivity contribution in [2.45, 2.75) is 32.1 Å². The first-order chi connectivity index (χ1) is 11.8. The smallest absolute Gasteiger partial charge is 0.226 e. The molecule has 1 saturated heterocycles. The molecule has 1 fully saturated rings. The molecule has 0 saturated carbocycles. The largest absolute Gasteiger partial charge is 0.497 e. The van der Waals surface area contributed by atoms with Crippen LogP contribution >= 0.6 is 0 Å². The summed E-state index contributed by atoms with van der Waals surface area (Å²) in [7, 11) is 1.65. The highest BCUT2D eigenvalue weighted by Gasteiger charge is 2.26. The molecule has 1 aromatic rings. The summed E-state index contributed by atoms with van der Waals surface area (Å²) in [5.74, 6) is 1.66. The molecule has 1 N–H and O–H groups in total. The number of fused-ring (bicyclic) bond motifs is 1. The lowest BCUT2D eigenvalue weighted by Crippen LogP contribution is -2.39. The summed E-state index contributed by atoms with van der Waals surface area (Å²) in [6.07, 6.45) is 5.72. The number of ether oxygens (including phenoxy) is 2. The van der Waals surface area contributed by atoms with Crippen LogP contribution in [0.2, 0.25) is 0 Å². The zero-order valence-electron chi connectivity index (χ0n) is 14.6. The van der Waals surface area contributed by atoms with Crippen molar-refractivity contribution < 1.29 is 14.3 Å². The predicted molar refractivity (Wildman–Crippen MR) is 93.6 cm³/mol. The summed E-state index contributed by atoms with van der Waals surface area (Å²) < 4.78 is 11.0. The summed E-state index contributed by atoms with van der Waals surface area (Å²) in [5.41, 5.74) is 1.05. The number of carbonyl (C=O) groups is 1. The van der Waals surface area contributed by atoms with Gasteiger partial charge in [-0.1, -0.05) is 6.42 Å². The second kappa shape index (κ2) is 8.38. The van der Waals surface area contributed by atoms with Crippen molar-refractivity contribution >= 4 is 5.91 Å². The van der Waals surface area contributed by atoms with Gasteiger partial charge in [0, 0.05) is 6.54 Å². The molecule has 0 aromatic heterocycles. The van der Waals surface area contributed by atoms with Crippen molar-refractivity contribution in [1.29, 1.82) is 0 Å². The molecule has 2 aliphatic heterocycles. The average Bonchev–Trinajstić information content (AvgIpc) is 2.65. The molecule has 1 atom stereocenters. The Labute approximate surface area is 144 Å². The van der Waals surface area contributed by atoms with E-state index in [-0.39, 0.29) is 11.8 Å². The lowest BCUT2D eigenvalue weighted by molar-refractivity contribution is -0.126. The summed E-state index contributed by atoms with van der Waals surface area (Å²) in [6.45, 7) is 4.71. The molecule has 0 radical (unpaired) electrons. The SMILES string of the molecule is COc1ccc2c(c1)C[C@H](C(=O)NCCCN1CCCCC1)CO2. The number of amides is 1. The Kier molecular flexibility index (Phi) is 5.96. The maximum absolute atomic E-state index is 12.4. The highest BCUT2D eigenvalue weighted by Crippen LogP contribution is 2.30. The van der Waals surface area contributed by atoms with E-state index in [9.17, 15) is 4.79 Å². The van der Waals surface area contributed by atoms with E-state index in [2.05, 4.69) is 10.2 Å². The second-order valence-corrected chi connectivity index (χ2v) is 6.73. The molecule has 2 heterocycles. The van der Waals surface area contributed by atoms with E-state index >= 15 is 0 Å². The summed E-state index contributed by atoms with van der Waals surface area (Å²) >= 11 is 0.